The second kappa shape index (κ2) is 7.34. The third-order valence-corrected chi connectivity index (χ3v) is 6.41. The van der Waals surface area contributed by atoms with Crippen molar-refractivity contribution in [3.8, 4) is 0 Å². The summed E-state index contributed by atoms with van der Waals surface area (Å²) < 4.78 is 33.0. The third-order valence-electron chi connectivity index (χ3n) is 4.22. The zero-order valence-electron chi connectivity index (χ0n) is 14.6. The van der Waals surface area contributed by atoms with Crippen LogP contribution in [0, 0.1) is 0 Å². The molecule has 0 saturated carbocycles. The van der Waals surface area contributed by atoms with Gasteiger partial charge in [-0.05, 0) is 23.3 Å². The van der Waals surface area contributed by atoms with Crippen LogP contribution in [0.5, 0.6) is 0 Å². The van der Waals surface area contributed by atoms with Crippen LogP contribution < -0.4 is 5.73 Å². The Labute approximate surface area is 181 Å². The van der Waals surface area contributed by atoms with Crippen molar-refractivity contribution in [1.29, 1.82) is 0 Å². The first-order valence-electron chi connectivity index (χ1n) is 7.95. The smallest absolute Gasteiger partial charge is 0.302 e. The number of Topliss-reactive ketones (excluding diaryl/α,β-unsaturated/α-hetero) is 1. The topological polar surface area (TPSA) is 95.7 Å². The van der Waals surface area contributed by atoms with Crippen LogP contribution in [0.25, 0.3) is 0 Å². The number of nitrogens with two attached hydrogens (primary N) is 1. The molecule has 2 aromatic carbocycles. The predicted molar refractivity (Wildman–Crippen MR) is 111 cm³/mol. The van der Waals surface area contributed by atoms with Gasteiger partial charge in [-0.25, -0.2) is 0 Å². The highest BCUT2D eigenvalue weighted by Crippen LogP contribution is 2.39. The van der Waals surface area contributed by atoms with E-state index in [1.54, 1.807) is 6.07 Å². The van der Waals surface area contributed by atoms with E-state index in [4.69, 9.17) is 61.4 Å². The molecule has 1 heterocycles. The Hall–Kier alpha value is -2.03. The summed E-state index contributed by atoms with van der Waals surface area (Å²) in [6.07, 6.45) is 0. The second-order valence-electron chi connectivity index (χ2n) is 6.19. The van der Waals surface area contributed by atoms with Crippen LogP contribution in [-0.2, 0) is 33.9 Å². The molecule has 1 aliphatic heterocycles. The minimum absolute atomic E-state index is 0.0223. The van der Waals surface area contributed by atoms with Crippen molar-refractivity contribution < 1.29 is 22.1 Å². The molecule has 2 N–H and O–H groups in total. The lowest BCUT2D eigenvalue weighted by atomic mass is 9.65. The van der Waals surface area contributed by atoms with E-state index in [-0.39, 0.29) is 21.2 Å². The molecule has 29 heavy (non-hydrogen) atoms. The van der Waals surface area contributed by atoms with Crippen LogP contribution in [-0.4, -0.2) is 37.7 Å². The highest BCUT2D eigenvalue weighted by Gasteiger charge is 2.50. The molecular weight excluding hydrogens is 434 g/mol. The zero-order chi connectivity index (χ0) is 21.6. The van der Waals surface area contributed by atoms with Crippen molar-refractivity contribution in [1.82, 2.24) is 0 Å². The van der Waals surface area contributed by atoms with Crippen LogP contribution in [0.1, 0.15) is 11.1 Å². The van der Waals surface area contributed by atoms with Gasteiger partial charge in [0.15, 0.2) is 5.50 Å². The number of carbonyl (C=O) groups is 1. The first-order chi connectivity index (χ1) is 13.4. The van der Waals surface area contributed by atoms with Crippen LogP contribution in [0.4, 0.5) is 0 Å². The van der Waals surface area contributed by atoms with Gasteiger partial charge in [0.25, 0.3) is 0 Å². The molecule has 6 nitrogen and oxygen atoms in total. The molecule has 1 atom stereocenters. The highest BCUT2D eigenvalue weighted by atomic mass is 35.5. The molecule has 0 saturated heterocycles. The monoisotopic (exact) mass is 443 g/mol. The summed E-state index contributed by atoms with van der Waals surface area (Å²) >= 11 is 11.8. The van der Waals surface area contributed by atoms with Crippen LogP contribution in [0.3, 0.4) is 0 Å². The van der Waals surface area contributed by atoms with Gasteiger partial charge in [0.2, 0.25) is 17.4 Å². The fraction of sp³-hybridized carbons (Fsp3) is 0.118. The van der Waals surface area contributed by atoms with Crippen LogP contribution in [0.2, 0.25) is 10.0 Å². The molecule has 0 fully saturated rings. The molecule has 142 valence electrons. The molecule has 12 heteroatoms. The third kappa shape index (κ3) is 3.65. The summed E-state index contributed by atoms with van der Waals surface area (Å²) in [6.45, 7) is 0. The lowest BCUT2D eigenvalue weighted by molar-refractivity contribution is -0.126. The molecular formula is C17H10B3Cl2NO5S. The molecule has 1 aliphatic rings. The van der Waals surface area contributed by atoms with E-state index < -0.39 is 37.6 Å². The number of ether oxygens (including phenoxy) is 1. The van der Waals surface area contributed by atoms with Crippen LogP contribution >= 0.6 is 23.2 Å². The van der Waals surface area contributed by atoms with Gasteiger partial charge >= 0.3 is 10.1 Å². The van der Waals surface area contributed by atoms with Crippen LogP contribution in [0.15, 0.2) is 60.2 Å². The maximum atomic E-state index is 12.8. The number of benzene rings is 2. The van der Waals surface area contributed by atoms with Gasteiger partial charge in [0, 0.05) is 0 Å². The Morgan fingerprint density at radius 2 is 1.69 bits per heavy atom. The Bertz CT molecular complexity index is 1130. The van der Waals surface area contributed by atoms with Crippen molar-refractivity contribution in [3.05, 3.63) is 81.3 Å². The molecule has 1 unspecified atom stereocenters. The van der Waals surface area contributed by atoms with Gasteiger partial charge in [0.05, 0.1) is 30.3 Å². The van der Waals surface area contributed by atoms with Gasteiger partial charge in [-0.1, -0.05) is 59.6 Å². The average molecular weight is 444 g/mol. The van der Waals surface area contributed by atoms with Gasteiger partial charge in [-0.15, -0.1) is 0 Å². The maximum Gasteiger partial charge on any atom is 0.302 e. The molecule has 2 aromatic rings. The van der Waals surface area contributed by atoms with E-state index in [0.717, 1.165) is 0 Å². The van der Waals surface area contributed by atoms with Crippen molar-refractivity contribution in [2.24, 2.45) is 5.73 Å². The van der Waals surface area contributed by atoms with E-state index in [2.05, 4.69) is 0 Å². The van der Waals surface area contributed by atoms with Gasteiger partial charge in [0.1, 0.15) is 7.85 Å². The number of halogens is 2. The van der Waals surface area contributed by atoms with Gasteiger partial charge in [-0.3, -0.25) is 4.79 Å². The molecule has 0 aromatic heterocycles. The maximum absolute atomic E-state index is 12.8. The first-order valence-corrected chi connectivity index (χ1v) is 10.1. The second-order valence-corrected chi connectivity index (χ2v) is 8.75. The summed E-state index contributed by atoms with van der Waals surface area (Å²) in [4.78, 5) is 12.8. The van der Waals surface area contributed by atoms with E-state index in [1.165, 1.54) is 42.5 Å². The fourth-order valence-electron chi connectivity index (χ4n) is 2.56. The molecule has 0 spiro atoms. The van der Waals surface area contributed by atoms with Crippen molar-refractivity contribution in [3.63, 3.8) is 0 Å². The molecule has 0 aliphatic carbocycles. The summed E-state index contributed by atoms with van der Waals surface area (Å²) in [5.74, 6) is -2.58. The molecule has 0 amide bonds. The fourth-order valence-corrected chi connectivity index (χ4v) is 3.80. The summed E-state index contributed by atoms with van der Waals surface area (Å²) in [5, 5.41) is 0.307. The van der Waals surface area contributed by atoms with E-state index >= 15 is 0 Å². The van der Waals surface area contributed by atoms with Gasteiger partial charge < -0.3 is 14.7 Å². The summed E-state index contributed by atoms with van der Waals surface area (Å²) in [7, 11) is 12.8. The number of carbonyl (C=O) groups excluding carboxylic acids is 1. The lowest BCUT2D eigenvalue weighted by Gasteiger charge is -2.26. The highest BCUT2D eigenvalue weighted by molar-refractivity contribution is 7.90. The Morgan fingerprint density at radius 3 is 2.28 bits per heavy atom. The number of hydrogen-bond acceptors (Lipinski definition) is 6. The zero-order valence-corrected chi connectivity index (χ0v) is 17.0. The quantitative estimate of drug-likeness (QED) is 0.556. The lowest BCUT2D eigenvalue weighted by Crippen LogP contribution is -2.40. The van der Waals surface area contributed by atoms with Crippen molar-refractivity contribution in [2.75, 3.05) is 0 Å². The average Bonchev–Trinajstić information content (AvgIpc) is 2.88. The normalized spacial score (nSPS) is 19.9. The molecule has 0 bridgehead atoms. The predicted octanol–water partition coefficient (Wildman–Crippen LogP) is 1.54. The summed E-state index contributed by atoms with van der Waals surface area (Å²) in [6, 6.07) is 11.5. The van der Waals surface area contributed by atoms with Gasteiger partial charge in [-0.2, -0.15) is 8.42 Å². The summed E-state index contributed by atoms with van der Waals surface area (Å²) in [5.41, 5.74) is 3.58. The standard InChI is InChI=1S/C17H10B3Cl2NO5S/c18-16(10-6-7-11(21)12(22)8-10)14(24)13(15(23)27-16)28-29(25,26)17(19,20)9-4-2-1-3-5-9/h1-8H,23H2. The van der Waals surface area contributed by atoms with E-state index in [1.807, 2.05) is 0 Å². The molecule has 3 rings (SSSR count). The molecule has 6 radical (unpaired) electrons. The largest absolute Gasteiger partial charge is 0.467 e. The SMILES string of the molecule is [B]C1(c2ccc(Cl)c(Cl)c2)OC(N)=C(OS(=O)(=O)C([B])([B])c2ccccc2)C1=O. The number of ketones is 1. The number of rotatable bonds is 5. The Kier molecular flexibility index (Phi) is 5.49. The Morgan fingerprint density at radius 1 is 1.07 bits per heavy atom. The number of hydrogen-bond donors (Lipinski definition) is 1. The van der Waals surface area contributed by atoms with E-state index in [0.29, 0.717) is 0 Å². The minimum Gasteiger partial charge on any atom is -0.467 e. The Balaban J connectivity index is 1.95. The first kappa shape index (κ1) is 21.7. The van der Waals surface area contributed by atoms with E-state index in [9.17, 15) is 13.2 Å². The van der Waals surface area contributed by atoms with Crippen molar-refractivity contribution in [2.45, 2.75) is 10.0 Å². The van der Waals surface area contributed by atoms with Crippen molar-refractivity contribution >= 4 is 62.6 Å². The minimum atomic E-state index is -4.80.